The van der Waals surface area contributed by atoms with Gasteiger partial charge in [-0.3, -0.25) is 4.79 Å². The molecule has 2 aromatic carbocycles. The highest BCUT2D eigenvalue weighted by molar-refractivity contribution is 9.10. The molecule has 1 atom stereocenters. The number of carbonyl (C=O) groups is 2. The fraction of sp³-hybridized carbons (Fsp3) is 0.231. The van der Waals surface area contributed by atoms with E-state index in [2.05, 4.69) is 25.9 Å². The molecule has 0 spiro atoms. The monoisotopic (exact) mass is 657 g/mol. The average molecular weight is 658 g/mol. The molecule has 0 saturated heterocycles. The van der Waals surface area contributed by atoms with E-state index in [1.807, 2.05) is 0 Å². The number of nitrogens with zero attached hydrogens (tertiary/aromatic N) is 4. The molecule has 222 valence electrons. The summed E-state index contributed by atoms with van der Waals surface area (Å²) in [6, 6.07) is 5.60. The summed E-state index contributed by atoms with van der Waals surface area (Å²) < 4.78 is 81.1. The Morgan fingerprint density at radius 1 is 1.19 bits per heavy atom. The molecule has 2 aromatic heterocycles. The van der Waals surface area contributed by atoms with Crippen LogP contribution >= 0.6 is 15.9 Å². The summed E-state index contributed by atoms with van der Waals surface area (Å²) in [6.45, 7) is 1.33. The van der Waals surface area contributed by atoms with E-state index in [1.165, 1.54) is 6.20 Å². The van der Waals surface area contributed by atoms with Crippen LogP contribution < -0.4 is 10.5 Å². The quantitative estimate of drug-likeness (QED) is 0.206. The van der Waals surface area contributed by atoms with Crippen molar-refractivity contribution < 1.29 is 45.8 Å². The van der Waals surface area contributed by atoms with Crippen molar-refractivity contribution in [3.8, 4) is 17.0 Å². The zero-order valence-electron chi connectivity index (χ0n) is 21.5. The molecule has 4 aromatic rings. The van der Waals surface area contributed by atoms with Crippen LogP contribution in [0.4, 0.5) is 26.7 Å². The number of oxazole rings is 1. The van der Waals surface area contributed by atoms with E-state index >= 15 is 4.39 Å². The summed E-state index contributed by atoms with van der Waals surface area (Å²) in [6.07, 6.45) is -4.25. The number of hydrogen-bond acceptors (Lipinski definition) is 6. The molecule has 0 aliphatic carbocycles. The normalized spacial score (nSPS) is 12.3. The molecule has 1 unspecified atom stereocenters. The minimum absolute atomic E-state index is 0.0423. The molecule has 2 amide bonds. The highest BCUT2D eigenvalue weighted by atomic mass is 79.9. The molecule has 4 rings (SSSR count). The van der Waals surface area contributed by atoms with Crippen LogP contribution in [0.15, 0.2) is 57.9 Å². The van der Waals surface area contributed by atoms with Crippen molar-refractivity contribution in [3.63, 3.8) is 0 Å². The Morgan fingerprint density at radius 2 is 1.88 bits per heavy atom. The Labute approximate surface area is 242 Å². The highest BCUT2D eigenvalue weighted by Gasteiger charge is 2.32. The van der Waals surface area contributed by atoms with Crippen LogP contribution in [-0.4, -0.2) is 49.6 Å². The smallest absolute Gasteiger partial charge is 0.416 e. The van der Waals surface area contributed by atoms with Crippen LogP contribution in [0.3, 0.4) is 0 Å². The van der Waals surface area contributed by atoms with Crippen molar-refractivity contribution in [2.75, 3.05) is 13.1 Å². The van der Waals surface area contributed by atoms with Crippen LogP contribution in [0, 0.1) is 18.6 Å². The van der Waals surface area contributed by atoms with Crippen molar-refractivity contribution in [3.05, 3.63) is 87.9 Å². The lowest BCUT2D eigenvalue weighted by Gasteiger charge is -2.25. The Kier molecular flexibility index (Phi) is 8.84. The lowest BCUT2D eigenvalue weighted by molar-refractivity contribution is -0.137. The third kappa shape index (κ3) is 6.70. The minimum atomic E-state index is -4.57. The molecule has 0 fully saturated rings. The van der Waals surface area contributed by atoms with E-state index in [9.17, 15) is 32.3 Å². The second-order valence-corrected chi connectivity index (χ2v) is 9.57. The Hall–Kier alpha value is -4.47. The summed E-state index contributed by atoms with van der Waals surface area (Å²) in [5, 5.41) is 9.88. The largest absolute Gasteiger partial charge is 0.476 e. The molecule has 0 aliphatic heterocycles. The molecule has 42 heavy (non-hydrogen) atoms. The molecule has 0 radical (unpaired) electrons. The molecule has 2 heterocycles. The zero-order valence-corrected chi connectivity index (χ0v) is 23.1. The summed E-state index contributed by atoms with van der Waals surface area (Å²) in [7, 11) is 0. The average Bonchev–Trinajstić information content (AvgIpc) is 3.51. The van der Waals surface area contributed by atoms with E-state index < -0.39 is 59.3 Å². The first-order valence-corrected chi connectivity index (χ1v) is 12.8. The number of carboxylic acid groups (broad SMARTS) is 1. The first-order valence-electron chi connectivity index (χ1n) is 12.0. The topological polar surface area (TPSA) is 137 Å². The molecular weight excluding hydrogens is 637 g/mol. The van der Waals surface area contributed by atoms with Gasteiger partial charge in [-0.1, -0.05) is 12.1 Å². The Morgan fingerprint density at radius 3 is 2.45 bits per heavy atom. The molecule has 16 heteroatoms. The van der Waals surface area contributed by atoms with Gasteiger partial charge in [0, 0.05) is 31.0 Å². The number of aromatic nitrogens is 3. The van der Waals surface area contributed by atoms with E-state index in [0.29, 0.717) is 5.82 Å². The number of aryl methyl sites for hydroxylation is 1. The van der Waals surface area contributed by atoms with Crippen molar-refractivity contribution in [2.45, 2.75) is 25.7 Å². The van der Waals surface area contributed by atoms with Gasteiger partial charge in [-0.25, -0.2) is 23.5 Å². The number of halogens is 6. The Bertz CT molecular complexity index is 1610. The van der Waals surface area contributed by atoms with Crippen LogP contribution in [0.2, 0.25) is 0 Å². The summed E-state index contributed by atoms with van der Waals surface area (Å²) >= 11 is 3.15. The number of benzene rings is 2. The fourth-order valence-electron chi connectivity index (χ4n) is 3.95. The second-order valence-electron chi connectivity index (χ2n) is 8.85. The molecule has 0 aliphatic rings. The fourth-order valence-corrected chi connectivity index (χ4v) is 4.44. The maximum absolute atomic E-state index is 15.1. The number of amides is 2. The predicted octanol–water partition coefficient (Wildman–Crippen LogP) is 5.81. The SMILES string of the molecule is Cc1nccn1CCN(CC(Oc1ccc(F)c(C(N)=O)c1F)c1nc(-c2ccc(C(F)(F)F)cc2)c(Br)o1)C(=O)O. The molecule has 10 nitrogen and oxygen atoms in total. The minimum Gasteiger partial charge on any atom is -0.476 e. The van der Waals surface area contributed by atoms with Crippen molar-refractivity contribution in [2.24, 2.45) is 5.73 Å². The van der Waals surface area contributed by atoms with Gasteiger partial charge in [-0.05, 0) is 47.1 Å². The van der Waals surface area contributed by atoms with Gasteiger partial charge in [-0.15, -0.1) is 0 Å². The third-order valence-electron chi connectivity index (χ3n) is 6.13. The lowest BCUT2D eigenvalue weighted by atomic mass is 10.1. The number of imidazole rings is 1. The highest BCUT2D eigenvalue weighted by Crippen LogP contribution is 2.36. The van der Waals surface area contributed by atoms with Crippen LogP contribution in [0.1, 0.15) is 33.7 Å². The number of primary amides is 1. The van der Waals surface area contributed by atoms with Gasteiger partial charge in [-0.2, -0.15) is 13.2 Å². The van der Waals surface area contributed by atoms with Gasteiger partial charge >= 0.3 is 12.3 Å². The number of rotatable bonds is 10. The van der Waals surface area contributed by atoms with E-state index in [0.717, 1.165) is 41.3 Å². The van der Waals surface area contributed by atoms with E-state index in [4.69, 9.17) is 14.9 Å². The lowest BCUT2D eigenvalue weighted by Crippen LogP contribution is -2.37. The van der Waals surface area contributed by atoms with Crippen molar-refractivity contribution in [1.82, 2.24) is 19.4 Å². The van der Waals surface area contributed by atoms with Gasteiger partial charge in [0.2, 0.25) is 5.89 Å². The molecule has 3 N–H and O–H groups in total. The number of alkyl halides is 3. The zero-order chi connectivity index (χ0) is 30.8. The number of ether oxygens (including phenoxy) is 1. The van der Waals surface area contributed by atoms with Gasteiger partial charge in [0.25, 0.3) is 5.91 Å². The number of carbonyl (C=O) groups excluding carboxylic acids is 1. The number of nitrogens with two attached hydrogens (primary N) is 1. The molecule has 0 bridgehead atoms. The number of hydrogen-bond donors (Lipinski definition) is 2. The summed E-state index contributed by atoms with van der Waals surface area (Å²) in [4.78, 5) is 33.0. The van der Waals surface area contributed by atoms with Gasteiger partial charge in [0.15, 0.2) is 22.3 Å². The van der Waals surface area contributed by atoms with Crippen molar-refractivity contribution >= 4 is 27.9 Å². The van der Waals surface area contributed by atoms with Gasteiger partial charge in [0.1, 0.15) is 22.9 Å². The van der Waals surface area contributed by atoms with Crippen LogP contribution in [0.5, 0.6) is 5.75 Å². The first kappa shape index (κ1) is 30.5. The molecule has 0 saturated carbocycles. The Balaban J connectivity index is 1.71. The van der Waals surface area contributed by atoms with Crippen LogP contribution in [-0.2, 0) is 12.7 Å². The third-order valence-corrected chi connectivity index (χ3v) is 6.66. The van der Waals surface area contributed by atoms with Crippen molar-refractivity contribution in [1.29, 1.82) is 0 Å². The standard InChI is InChI=1S/C26H21BrF5N5O5/c1-13-34-8-9-36(13)10-11-37(25(39)40)12-18(41-17-7-6-16(28)19(20(17)29)23(33)38)24-35-21(22(27)42-24)14-2-4-15(5-3-14)26(30,31)32/h2-9,18H,10-12H2,1H3,(H2,33,38)(H,39,40). The van der Waals surface area contributed by atoms with Gasteiger partial charge in [0.05, 0.1) is 12.1 Å². The second kappa shape index (κ2) is 12.2. The molecular formula is C26H21BrF5N5O5. The van der Waals surface area contributed by atoms with E-state index in [1.54, 1.807) is 17.7 Å². The van der Waals surface area contributed by atoms with Gasteiger partial charge < -0.3 is 29.5 Å². The first-order chi connectivity index (χ1) is 19.8. The van der Waals surface area contributed by atoms with E-state index in [-0.39, 0.29) is 34.9 Å². The summed E-state index contributed by atoms with van der Waals surface area (Å²) in [5.74, 6) is -4.41. The van der Waals surface area contributed by atoms with Crippen LogP contribution in [0.25, 0.3) is 11.3 Å². The summed E-state index contributed by atoms with van der Waals surface area (Å²) in [5.41, 5.74) is 3.38. The predicted molar refractivity (Wildman–Crippen MR) is 139 cm³/mol. The maximum atomic E-state index is 15.1. The maximum Gasteiger partial charge on any atom is 0.416 e.